The lowest BCUT2D eigenvalue weighted by Crippen LogP contribution is -2.08. The third-order valence-electron chi connectivity index (χ3n) is 3.16. The summed E-state index contributed by atoms with van der Waals surface area (Å²) in [7, 11) is 1.88. The molecule has 0 fully saturated rings. The number of carbonyl (C=O) groups excluding carboxylic acids is 1. The summed E-state index contributed by atoms with van der Waals surface area (Å²) in [6, 6.07) is 3.72. The van der Waals surface area contributed by atoms with Crippen molar-refractivity contribution in [2.45, 2.75) is 13.8 Å². The smallest absolute Gasteiger partial charge is 0.342 e. The minimum atomic E-state index is -0.381. The van der Waals surface area contributed by atoms with Gasteiger partial charge in [0.25, 0.3) is 0 Å². The fourth-order valence-corrected chi connectivity index (χ4v) is 2.15. The van der Waals surface area contributed by atoms with Crippen LogP contribution in [0.2, 0.25) is 0 Å². The van der Waals surface area contributed by atoms with E-state index in [1.54, 1.807) is 19.3 Å². The molecule has 0 saturated carbocycles. The zero-order valence-electron chi connectivity index (χ0n) is 11.3. The maximum absolute atomic E-state index is 12.0. The zero-order valence-corrected chi connectivity index (χ0v) is 11.3. The van der Waals surface area contributed by atoms with Crippen molar-refractivity contribution >= 4 is 11.7 Å². The van der Waals surface area contributed by atoms with Crippen LogP contribution in [-0.2, 0) is 11.8 Å². The highest BCUT2D eigenvalue weighted by molar-refractivity contribution is 6.00. The van der Waals surface area contributed by atoms with Crippen molar-refractivity contribution in [3.63, 3.8) is 0 Å². The molecule has 2 N–H and O–H groups in total. The topological polar surface area (TPSA) is 70.1 Å². The normalized spacial score (nSPS) is 10.5. The molecule has 0 amide bonds. The van der Waals surface area contributed by atoms with E-state index in [9.17, 15) is 4.79 Å². The van der Waals surface area contributed by atoms with Gasteiger partial charge in [-0.2, -0.15) is 0 Å². The molecule has 0 radical (unpaired) electrons. The molecular formula is C14H17N3O2. The van der Waals surface area contributed by atoms with Crippen molar-refractivity contribution in [3.05, 3.63) is 35.8 Å². The van der Waals surface area contributed by atoms with Gasteiger partial charge in [0, 0.05) is 30.7 Å². The predicted molar refractivity (Wildman–Crippen MR) is 73.7 cm³/mol. The highest BCUT2D eigenvalue weighted by Crippen LogP contribution is 2.33. The van der Waals surface area contributed by atoms with E-state index in [-0.39, 0.29) is 5.97 Å². The number of ether oxygens (including phenoxy) is 1. The summed E-state index contributed by atoms with van der Waals surface area (Å²) >= 11 is 0. The minimum Gasteiger partial charge on any atom is -0.462 e. The van der Waals surface area contributed by atoms with Crippen LogP contribution in [0.1, 0.15) is 23.0 Å². The summed E-state index contributed by atoms with van der Waals surface area (Å²) in [5.74, 6) is -0.381. The average Bonchev–Trinajstić information content (AvgIpc) is 2.62. The van der Waals surface area contributed by atoms with Crippen LogP contribution >= 0.6 is 0 Å². The third-order valence-corrected chi connectivity index (χ3v) is 3.16. The second-order valence-electron chi connectivity index (χ2n) is 4.24. The third kappa shape index (κ3) is 2.19. The lowest BCUT2D eigenvalue weighted by Gasteiger charge is -2.05. The molecule has 2 aromatic heterocycles. The number of esters is 1. The van der Waals surface area contributed by atoms with Crippen molar-refractivity contribution in [2.24, 2.45) is 7.05 Å². The number of hydrogen-bond acceptors (Lipinski definition) is 4. The van der Waals surface area contributed by atoms with Gasteiger partial charge in [-0.05, 0) is 26.0 Å². The molecule has 5 heteroatoms. The highest BCUT2D eigenvalue weighted by Gasteiger charge is 2.23. The fraction of sp³-hybridized carbons (Fsp3) is 0.286. The zero-order chi connectivity index (χ0) is 14.0. The Kier molecular flexibility index (Phi) is 3.55. The fourth-order valence-electron chi connectivity index (χ4n) is 2.15. The Morgan fingerprint density at radius 3 is 2.63 bits per heavy atom. The van der Waals surface area contributed by atoms with Gasteiger partial charge < -0.3 is 15.0 Å². The number of nitrogen functional groups attached to an aromatic ring is 1. The van der Waals surface area contributed by atoms with Crippen LogP contribution < -0.4 is 5.73 Å². The Morgan fingerprint density at radius 2 is 2.05 bits per heavy atom. The Hall–Kier alpha value is -2.30. The maximum atomic E-state index is 12.0. The van der Waals surface area contributed by atoms with Crippen molar-refractivity contribution in [3.8, 4) is 11.3 Å². The Bertz CT molecular complexity index is 603. The van der Waals surface area contributed by atoms with E-state index < -0.39 is 0 Å². The van der Waals surface area contributed by atoms with Crippen LogP contribution in [-0.4, -0.2) is 22.1 Å². The second-order valence-corrected chi connectivity index (χ2v) is 4.24. The van der Waals surface area contributed by atoms with E-state index in [0.29, 0.717) is 17.9 Å². The maximum Gasteiger partial charge on any atom is 0.342 e. The molecule has 0 unspecified atom stereocenters. The van der Waals surface area contributed by atoms with Crippen molar-refractivity contribution < 1.29 is 9.53 Å². The molecule has 0 aromatic carbocycles. The number of anilines is 1. The van der Waals surface area contributed by atoms with Gasteiger partial charge in [-0.15, -0.1) is 0 Å². The standard InChI is InChI=1S/C14H17N3O2/c1-4-19-14(18)11-9(2)17(3)13(12(11)15)10-5-7-16-8-6-10/h5-8H,4,15H2,1-3H3. The van der Waals surface area contributed by atoms with E-state index in [2.05, 4.69) is 4.98 Å². The van der Waals surface area contributed by atoms with Crippen molar-refractivity contribution in [2.75, 3.05) is 12.3 Å². The molecule has 5 nitrogen and oxygen atoms in total. The summed E-state index contributed by atoms with van der Waals surface area (Å²) in [4.78, 5) is 15.9. The van der Waals surface area contributed by atoms with Crippen LogP contribution in [0, 0.1) is 6.92 Å². The van der Waals surface area contributed by atoms with E-state index >= 15 is 0 Å². The average molecular weight is 259 g/mol. The second kappa shape index (κ2) is 5.14. The van der Waals surface area contributed by atoms with Gasteiger partial charge in [0.05, 0.1) is 18.0 Å². The molecule has 19 heavy (non-hydrogen) atoms. The quantitative estimate of drug-likeness (QED) is 0.857. The summed E-state index contributed by atoms with van der Waals surface area (Å²) in [6.45, 7) is 3.96. The van der Waals surface area contributed by atoms with Crippen LogP contribution in [0.4, 0.5) is 5.69 Å². The summed E-state index contributed by atoms with van der Waals surface area (Å²) in [5, 5.41) is 0. The molecule has 2 heterocycles. The van der Waals surface area contributed by atoms with Crippen LogP contribution in [0.25, 0.3) is 11.3 Å². The van der Waals surface area contributed by atoms with Crippen LogP contribution in [0.3, 0.4) is 0 Å². The number of pyridine rings is 1. The van der Waals surface area contributed by atoms with Gasteiger partial charge in [0.15, 0.2) is 0 Å². The predicted octanol–water partition coefficient (Wildman–Crippen LogP) is 2.15. The van der Waals surface area contributed by atoms with Crippen molar-refractivity contribution in [1.29, 1.82) is 0 Å². The lowest BCUT2D eigenvalue weighted by atomic mass is 10.1. The van der Waals surface area contributed by atoms with Gasteiger partial charge in [0.2, 0.25) is 0 Å². The molecule has 0 bridgehead atoms. The van der Waals surface area contributed by atoms with E-state index in [1.807, 2.05) is 30.7 Å². The molecule has 0 aliphatic rings. The van der Waals surface area contributed by atoms with E-state index in [4.69, 9.17) is 10.5 Å². The van der Waals surface area contributed by atoms with Gasteiger partial charge in [0.1, 0.15) is 5.56 Å². The van der Waals surface area contributed by atoms with Gasteiger partial charge >= 0.3 is 5.97 Å². The molecule has 0 atom stereocenters. The largest absolute Gasteiger partial charge is 0.462 e. The molecular weight excluding hydrogens is 242 g/mol. The molecule has 0 aliphatic carbocycles. The number of rotatable bonds is 3. The van der Waals surface area contributed by atoms with Gasteiger partial charge in [-0.25, -0.2) is 4.79 Å². The van der Waals surface area contributed by atoms with Crippen LogP contribution in [0.5, 0.6) is 0 Å². The molecule has 0 spiro atoms. The Balaban J connectivity index is 2.59. The van der Waals surface area contributed by atoms with E-state index in [0.717, 1.165) is 17.0 Å². The highest BCUT2D eigenvalue weighted by atomic mass is 16.5. The van der Waals surface area contributed by atoms with Crippen molar-refractivity contribution in [1.82, 2.24) is 9.55 Å². The first-order valence-electron chi connectivity index (χ1n) is 6.10. The number of hydrogen-bond donors (Lipinski definition) is 1. The molecule has 100 valence electrons. The minimum absolute atomic E-state index is 0.331. The van der Waals surface area contributed by atoms with Gasteiger partial charge in [-0.1, -0.05) is 0 Å². The van der Waals surface area contributed by atoms with Gasteiger partial charge in [-0.3, -0.25) is 4.98 Å². The number of carbonyl (C=O) groups is 1. The van der Waals surface area contributed by atoms with Crippen LogP contribution in [0.15, 0.2) is 24.5 Å². The number of nitrogens with two attached hydrogens (primary N) is 1. The first-order valence-corrected chi connectivity index (χ1v) is 6.10. The Labute approximate surface area is 112 Å². The lowest BCUT2D eigenvalue weighted by molar-refractivity contribution is 0.0526. The summed E-state index contributed by atoms with van der Waals surface area (Å²) in [5.41, 5.74) is 9.54. The molecule has 0 aliphatic heterocycles. The first kappa shape index (κ1) is 13.1. The molecule has 2 rings (SSSR count). The monoisotopic (exact) mass is 259 g/mol. The molecule has 2 aromatic rings. The number of aromatic nitrogens is 2. The molecule has 0 saturated heterocycles. The SMILES string of the molecule is CCOC(=O)c1c(N)c(-c2ccncc2)n(C)c1C. The number of nitrogens with zero attached hydrogens (tertiary/aromatic N) is 2. The Morgan fingerprint density at radius 1 is 1.42 bits per heavy atom. The first-order chi connectivity index (χ1) is 9.07. The van der Waals surface area contributed by atoms with E-state index in [1.165, 1.54) is 0 Å². The summed E-state index contributed by atoms with van der Waals surface area (Å²) < 4.78 is 6.95. The summed E-state index contributed by atoms with van der Waals surface area (Å²) in [6.07, 6.45) is 3.39.